The Hall–Kier alpha value is -1.37. The van der Waals surface area contributed by atoms with Gasteiger partial charge >= 0.3 is 12.2 Å². The van der Waals surface area contributed by atoms with Crippen LogP contribution in [0.3, 0.4) is 0 Å². The van der Waals surface area contributed by atoms with Gasteiger partial charge < -0.3 is 5.73 Å². The van der Waals surface area contributed by atoms with Gasteiger partial charge in [0.05, 0.1) is 11.3 Å². The molecular formula is C9H6F3N2OS. The molecule has 0 aromatic heterocycles. The molecule has 1 aromatic rings. The number of hydrogen-bond donors (Lipinski definition) is 1. The lowest BCUT2D eigenvalue weighted by Crippen LogP contribution is -2.30. The molecule has 85 valence electrons. The molecule has 2 amide bonds. The minimum atomic E-state index is -4.38. The van der Waals surface area contributed by atoms with Gasteiger partial charge in [-0.25, -0.2) is 4.79 Å². The summed E-state index contributed by atoms with van der Waals surface area (Å²) in [5.74, 6) is 1.38. The molecule has 0 fully saturated rings. The third-order valence-corrected chi connectivity index (χ3v) is 2.97. The molecule has 1 aliphatic heterocycles. The zero-order valence-electron chi connectivity index (χ0n) is 7.78. The van der Waals surface area contributed by atoms with E-state index < -0.39 is 17.8 Å². The molecule has 0 saturated carbocycles. The maximum absolute atomic E-state index is 12.4. The van der Waals surface area contributed by atoms with Gasteiger partial charge in [0.1, 0.15) is 5.88 Å². The monoisotopic (exact) mass is 247 g/mol. The second-order valence-corrected chi connectivity index (χ2v) is 4.00. The fourth-order valence-electron chi connectivity index (χ4n) is 1.32. The lowest BCUT2D eigenvalue weighted by Gasteiger charge is -2.13. The third kappa shape index (κ3) is 1.82. The van der Waals surface area contributed by atoms with Crippen molar-refractivity contribution in [3.8, 4) is 0 Å². The summed E-state index contributed by atoms with van der Waals surface area (Å²) in [5, 5.41) is 0. The number of primary amides is 1. The van der Waals surface area contributed by atoms with E-state index in [4.69, 9.17) is 5.73 Å². The first-order valence-electron chi connectivity index (χ1n) is 4.19. The number of alkyl halides is 3. The lowest BCUT2D eigenvalue weighted by atomic mass is 10.2. The van der Waals surface area contributed by atoms with Crippen LogP contribution in [0.5, 0.6) is 0 Å². The van der Waals surface area contributed by atoms with Gasteiger partial charge in [0.15, 0.2) is 0 Å². The third-order valence-electron chi connectivity index (χ3n) is 2.07. The smallest absolute Gasteiger partial charge is 0.351 e. The average molecular weight is 247 g/mol. The highest BCUT2D eigenvalue weighted by atomic mass is 32.2. The number of nitrogens with zero attached hydrogens (tertiary/aromatic N) is 1. The van der Waals surface area contributed by atoms with E-state index in [1.807, 2.05) is 0 Å². The second-order valence-electron chi connectivity index (χ2n) is 3.11. The van der Waals surface area contributed by atoms with Crippen LogP contribution < -0.4 is 10.6 Å². The molecule has 0 saturated heterocycles. The van der Waals surface area contributed by atoms with Crippen molar-refractivity contribution in [1.29, 1.82) is 0 Å². The molecule has 1 aliphatic rings. The molecule has 7 heteroatoms. The summed E-state index contributed by atoms with van der Waals surface area (Å²) in [6.45, 7) is 0. The first-order valence-corrected chi connectivity index (χ1v) is 5.07. The number of hydrogen-bond acceptors (Lipinski definition) is 2. The molecule has 2 N–H and O–H groups in total. The number of halogens is 3. The van der Waals surface area contributed by atoms with Gasteiger partial charge in [-0.15, -0.1) is 0 Å². The zero-order valence-corrected chi connectivity index (χ0v) is 8.60. The van der Waals surface area contributed by atoms with Crippen LogP contribution in [0.25, 0.3) is 0 Å². The fraction of sp³-hybridized carbons (Fsp3) is 0.111. The molecular weight excluding hydrogens is 241 g/mol. The van der Waals surface area contributed by atoms with Crippen molar-refractivity contribution in [2.24, 2.45) is 5.73 Å². The van der Waals surface area contributed by atoms with E-state index in [0.29, 0.717) is 10.6 Å². The predicted octanol–water partition coefficient (Wildman–Crippen LogP) is 2.82. The topological polar surface area (TPSA) is 46.3 Å². The van der Waals surface area contributed by atoms with E-state index >= 15 is 0 Å². The SMILES string of the molecule is NC(=O)N1[CH]Sc2cc(C(F)(F)F)ccc21. The van der Waals surface area contributed by atoms with Crippen molar-refractivity contribution in [2.45, 2.75) is 11.1 Å². The number of benzene rings is 1. The molecule has 3 nitrogen and oxygen atoms in total. The summed E-state index contributed by atoms with van der Waals surface area (Å²) in [7, 11) is 0. The van der Waals surface area contributed by atoms with Gasteiger partial charge in [0.2, 0.25) is 0 Å². The van der Waals surface area contributed by atoms with Crippen molar-refractivity contribution < 1.29 is 18.0 Å². The Balaban J connectivity index is 2.40. The number of urea groups is 1. The maximum Gasteiger partial charge on any atom is 0.416 e. The normalized spacial score (nSPS) is 15.1. The Labute approximate surface area is 93.4 Å². The Morgan fingerprint density at radius 2 is 2.06 bits per heavy atom. The highest BCUT2D eigenvalue weighted by Crippen LogP contribution is 2.43. The van der Waals surface area contributed by atoms with Gasteiger partial charge in [0, 0.05) is 4.90 Å². The summed E-state index contributed by atoms with van der Waals surface area (Å²) >= 11 is 1.03. The van der Waals surface area contributed by atoms with E-state index in [1.54, 1.807) is 0 Å². The molecule has 0 atom stereocenters. The van der Waals surface area contributed by atoms with Crippen molar-refractivity contribution in [1.82, 2.24) is 0 Å². The van der Waals surface area contributed by atoms with E-state index in [9.17, 15) is 18.0 Å². The molecule has 1 heterocycles. The van der Waals surface area contributed by atoms with Gasteiger partial charge in [-0.05, 0) is 18.2 Å². The molecule has 0 spiro atoms. The summed E-state index contributed by atoms with van der Waals surface area (Å²) in [6.07, 6.45) is -4.38. The largest absolute Gasteiger partial charge is 0.416 e. The Kier molecular flexibility index (Phi) is 2.49. The Morgan fingerprint density at radius 3 is 2.62 bits per heavy atom. The van der Waals surface area contributed by atoms with E-state index in [2.05, 4.69) is 0 Å². The minimum absolute atomic E-state index is 0.369. The first kappa shape index (κ1) is 11.1. The highest BCUT2D eigenvalue weighted by Gasteiger charge is 2.33. The van der Waals surface area contributed by atoms with Gasteiger partial charge in [-0.1, -0.05) is 11.8 Å². The fourth-order valence-corrected chi connectivity index (χ4v) is 2.24. The van der Waals surface area contributed by atoms with Crippen LogP contribution in [0.15, 0.2) is 23.1 Å². The molecule has 0 aliphatic carbocycles. The number of nitrogens with two attached hydrogens (primary N) is 1. The minimum Gasteiger partial charge on any atom is -0.351 e. The van der Waals surface area contributed by atoms with Gasteiger partial charge in [-0.2, -0.15) is 13.2 Å². The zero-order chi connectivity index (χ0) is 11.9. The van der Waals surface area contributed by atoms with Gasteiger partial charge in [-0.3, -0.25) is 4.90 Å². The standard InChI is InChI=1S/C9H6F3N2OS/c10-9(11,12)5-1-2-6-7(3-5)16-4-14(6)8(13)15/h1-4H,(H2,13,15). The van der Waals surface area contributed by atoms with Crippen LogP contribution in [-0.4, -0.2) is 6.03 Å². The van der Waals surface area contributed by atoms with Crippen molar-refractivity contribution >= 4 is 23.5 Å². The number of thioether (sulfide) groups is 1. The average Bonchev–Trinajstić information content (AvgIpc) is 2.58. The van der Waals surface area contributed by atoms with Crippen molar-refractivity contribution in [3.63, 3.8) is 0 Å². The first-order chi connectivity index (χ1) is 7.39. The second kappa shape index (κ2) is 3.58. The maximum atomic E-state index is 12.4. The van der Waals surface area contributed by atoms with Crippen LogP contribution in [0.1, 0.15) is 5.56 Å². The predicted molar refractivity (Wildman–Crippen MR) is 53.7 cm³/mol. The van der Waals surface area contributed by atoms with E-state index in [-0.39, 0.29) is 0 Å². The van der Waals surface area contributed by atoms with Crippen LogP contribution in [0, 0.1) is 5.88 Å². The van der Waals surface area contributed by atoms with Gasteiger partial charge in [0.25, 0.3) is 0 Å². The molecule has 16 heavy (non-hydrogen) atoms. The number of amides is 2. The van der Waals surface area contributed by atoms with E-state index in [1.165, 1.54) is 11.9 Å². The number of anilines is 1. The Morgan fingerprint density at radius 1 is 1.38 bits per heavy atom. The summed E-state index contributed by atoms with van der Waals surface area (Å²) < 4.78 is 37.2. The molecule has 0 unspecified atom stereocenters. The number of carbonyl (C=O) groups is 1. The molecule has 1 aromatic carbocycles. The lowest BCUT2D eigenvalue weighted by molar-refractivity contribution is -0.137. The van der Waals surface area contributed by atoms with Crippen LogP contribution >= 0.6 is 11.8 Å². The van der Waals surface area contributed by atoms with Crippen molar-refractivity contribution in [2.75, 3.05) is 4.90 Å². The number of carbonyl (C=O) groups excluding carboxylic acids is 1. The van der Waals surface area contributed by atoms with Crippen LogP contribution in [-0.2, 0) is 6.18 Å². The quantitative estimate of drug-likeness (QED) is 0.766. The summed E-state index contributed by atoms with van der Waals surface area (Å²) in [6, 6.07) is 2.44. The number of rotatable bonds is 0. The summed E-state index contributed by atoms with van der Waals surface area (Å²) in [4.78, 5) is 12.4. The molecule has 2 rings (SSSR count). The van der Waals surface area contributed by atoms with Crippen LogP contribution in [0.2, 0.25) is 0 Å². The Bertz CT molecular complexity index is 447. The molecule has 1 radical (unpaired) electrons. The number of fused-ring (bicyclic) bond motifs is 1. The van der Waals surface area contributed by atoms with Crippen LogP contribution in [0.4, 0.5) is 23.7 Å². The van der Waals surface area contributed by atoms with Crippen molar-refractivity contribution in [3.05, 3.63) is 29.6 Å². The summed E-state index contributed by atoms with van der Waals surface area (Å²) in [5.41, 5.74) is 4.70. The molecule has 0 bridgehead atoms. The van der Waals surface area contributed by atoms with E-state index in [0.717, 1.165) is 28.8 Å². The highest BCUT2D eigenvalue weighted by molar-refractivity contribution is 8.02.